The molecule has 0 aliphatic heterocycles. The Kier molecular flexibility index (Phi) is 4.52. The Balaban J connectivity index is 0.000000606. The third kappa shape index (κ3) is 2.62. The fourth-order valence-corrected chi connectivity index (χ4v) is 1.81. The van der Waals surface area contributed by atoms with Crippen molar-refractivity contribution in [1.29, 1.82) is 0 Å². The highest BCUT2D eigenvalue weighted by atomic mass is 79.9. The third-order valence-electron chi connectivity index (χ3n) is 2.05. The first-order valence-electron chi connectivity index (χ1n) is 5.24. The van der Waals surface area contributed by atoms with Crippen molar-refractivity contribution in [2.45, 2.75) is 20.8 Å². The van der Waals surface area contributed by atoms with Gasteiger partial charge in [0, 0.05) is 21.1 Å². The Morgan fingerprint density at radius 1 is 1.25 bits per heavy atom. The Morgan fingerprint density at radius 3 is 2.56 bits per heavy atom. The molecule has 0 radical (unpaired) electrons. The Labute approximate surface area is 105 Å². The van der Waals surface area contributed by atoms with Crippen molar-refractivity contribution < 1.29 is 0 Å². The predicted octanol–water partition coefficient (Wildman–Crippen LogP) is 4.31. The van der Waals surface area contributed by atoms with Gasteiger partial charge in [0.05, 0.1) is 5.52 Å². The number of benzene rings is 1. The average molecular weight is 276 g/mol. The van der Waals surface area contributed by atoms with Crippen molar-refractivity contribution in [3.05, 3.63) is 40.0 Å². The maximum absolute atomic E-state index is 5.44. The number of halogens is 1. The van der Waals surface area contributed by atoms with E-state index in [-0.39, 0.29) is 0 Å². The molecule has 0 saturated heterocycles. The van der Waals surface area contributed by atoms with Crippen LogP contribution in [0.4, 0.5) is 0 Å². The molecule has 1 nitrogen and oxygen atoms in total. The molecule has 0 unspecified atom stereocenters. The van der Waals surface area contributed by atoms with E-state index < -0.39 is 0 Å². The highest BCUT2D eigenvalue weighted by molar-refractivity contribution is 9.10. The molecule has 0 amide bonds. The predicted molar refractivity (Wildman–Crippen MR) is 73.5 cm³/mol. The lowest BCUT2D eigenvalue weighted by Gasteiger charge is -2.02. The van der Waals surface area contributed by atoms with E-state index in [1.807, 2.05) is 45.0 Å². The van der Waals surface area contributed by atoms with Crippen LogP contribution >= 0.6 is 15.9 Å². The minimum atomic E-state index is 0.897. The summed E-state index contributed by atoms with van der Waals surface area (Å²) in [5, 5.41) is 1.02. The second-order valence-electron chi connectivity index (χ2n) is 3.12. The molecule has 2 aromatic rings. The summed E-state index contributed by atoms with van der Waals surface area (Å²) in [6.45, 7) is 5.95. The number of aromatic nitrogens is 1. The molecule has 1 aromatic carbocycles. The van der Waals surface area contributed by atoms with E-state index in [1.54, 1.807) is 0 Å². The van der Waals surface area contributed by atoms with E-state index in [0.717, 1.165) is 26.6 Å². The van der Waals surface area contributed by atoms with E-state index >= 15 is 0 Å². The fraction of sp³-hybridized carbons (Fsp3) is 0.214. The van der Waals surface area contributed by atoms with Gasteiger partial charge in [0.1, 0.15) is 0 Å². The van der Waals surface area contributed by atoms with Crippen LogP contribution in [0.3, 0.4) is 0 Å². The van der Waals surface area contributed by atoms with Gasteiger partial charge in [-0.25, -0.2) is 0 Å². The van der Waals surface area contributed by atoms with Crippen LogP contribution in [0.25, 0.3) is 10.9 Å². The zero-order chi connectivity index (χ0) is 12.1. The van der Waals surface area contributed by atoms with Crippen LogP contribution < -0.4 is 0 Å². The summed E-state index contributed by atoms with van der Waals surface area (Å²) in [4.78, 5) is 4.41. The van der Waals surface area contributed by atoms with Gasteiger partial charge in [0.25, 0.3) is 0 Å². The van der Waals surface area contributed by atoms with Crippen molar-refractivity contribution in [3.63, 3.8) is 0 Å². The van der Waals surface area contributed by atoms with E-state index in [9.17, 15) is 0 Å². The van der Waals surface area contributed by atoms with Gasteiger partial charge in [-0.15, -0.1) is 6.42 Å². The summed E-state index contributed by atoms with van der Waals surface area (Å²) < 4.78 is 1.02. The maximum atomic E-state index is 5.44. The minimum Gasteiger partial charge on any atom is -0.253 e. The summed E-state index contributed by atoms with van der Waals surface area (Å²) in [5.41, 5.74) is 2.79. The van der Waals surface area contributed by atoms with Crippen LogP contribution in [0, 0.1) is 19.3 Å². The van der Waals surface area contributed by atoms with Crippen molar-refractivity contribution in [1.82, 2.24) is 4.98 Å². The summed E-state index contributed by atoms with van der Waals surface area (Å²) in [7, 11) is 0. The zero-order valence-corrected chi connectivity index (χ0v) is 11.3. The van der Waals surface area contributed by atoms with Crippen LogP contribution in [-0.2, 0) is 0 Å². The zero-order valence-electron chi connectivity index (χ0n) is 9.71. The standard InChI is InChI=1S/C12H8BrN.C2H6/c1-3-9-6-8(2)14-12-5-4-10(13)7-11(9)12;1-2/h1,4-7H,2H3;1-2H3. The number of fused-ring (bicyclic) bond motifs is 1. The second kappa shape index (κ2) is 5.67. The van der Waals surface area contributed by atoms with Crippen LogP contribution in [-0.4, -0.2) is 4.98 Å². The van der Waals surface area contributed by atoms with Crippen molar-refractivity contribution in [2.75, 3.05) is 0 Å². The van der Waals surface area contributed by atoms with Gasteiger partial charge >= 0.3 is 0 Å². The van der Waals surface area contributed by atoms with E-state index in [4.69, 9.17) is 6.42 Å². The molecule has 0 N–H and O–H groups in total. The van der Waals surface area contributed by atoms with Gasteiger partial charge < -0.3 is 0 Å². The molecule has 0 spiro atoms. The quantitative estimate of drug-likeness (QED) is 0.653. The molecule has 0 aliphatic carbocycles. The highest BCUT2D eigenvalue weighted by Crippen LogP contribution is 2.21. The number of pyridine rings is 1. The minimum absolute atomic E-state index is 0.897. The van der Waals surface area contributed by atoms with Gasteiger partial charge in [-0.1, -0.05) is 35.7 Å². The van der Waals surface area contributed by atoms with Crippen LogP contribution in [0.1, 0.15) is 25.1 Å². The monoisotopic (exact) mass is 275 g/mol. The molecular formula is C14H14BrN. The summed E-state index contributed by atoms with van der Waals surface area (Å²) >= 11 is 3.42. The molecule has 0 aliphatic rings. The van der Waals surface area contributed by atoms with Crippen LogP contribution in [0.15, 0.2) is 28.7 Å². The lowest BCUT2D eigenvalue weighted by molar-refractivity contribution is 1.25. The number of nitrogens with zero attached hydrogens (tertiary/aromatic N) is 1. The second-order valence-corrected chi connectivity index (χ2v) is 4.03. The van der Waals surface area contributed by atoms with Crippen molar-refractivity contribution in [3.8, 4) is 12.3 Å². The first-order chi connectivity index (χ1) is 7.70. The van der Waals surface area contributed by atoms with E-state index in [1.165, 1.54) is 0 Å². The molecular weight excluding hydrogens is 262 g/mol. The normalized spacial score (nSPS) is 9.19. The molecule has 0 fully saturated rings. The lowest BCUT2D eigenvalue weighted by Crippen LogP contribution is -1.87. The number of terminal acetylenes is 1. The molecule has 2 rings (SSSR count). The first-order valence-corrected chi connectivity index (χ1v) is 6.03. The number of hydrogen-bond donors (Lipinski definition) is 0. The number of hydrogen-bond acceptors (Lipinski definition) is 1. The Bertz CT molecular complexity index is 538. The SMILES string of the molecule is C#Cc1cc(C)nc2ccc(Br)cc12.CC. The molecule has 0 atom stereocenters. The summed E-state index contributed by atoms with van der Waals surface area (Å²) in [6, 6.07) is 7.86. The van der Waals surface area contributed by atoms with Gasteiger partial charge in [-0.05, 0) is 31.2 Å². The molecule has 0 saturated carbocycles. The first kappa shape index (κ1) is 12.7. The molecule has 0 bridgehead atoms. The van der Waals surface area contributed by atoms with Crippen molar-refractivity contribution >= 4 is 26.8 Å². The van der Waals surface area contributed by atoms with Gasteiger partial charge in [0.2, 0.25) is 0 Å². The maximum Gasteiger partial charge on any atom is 0.0718 e. The molecule has 2 heteroatoms. The molecule has 16 heavy (non-hydrogen) atoms. The van der Waals surface area contributed by atoms with Crippen molar-refractivity contribution in [2.24, 2.45) is 0 Å². The van der Waals surface area contributed by atoms with E-state index in [0.29, 0.717) is 0 Å². The van der Waals surface area contributed by atoms with E-state index in [2.05, 4.69) is 26.8 Å². The molecule has 1 heterocycles. The fourth-order valence-electron chi connectivity index (χ4n) is 1.45. The Morgan fingerprint density at radius 2 is 1.94 bits per heavy atom. The number of rotatable bonds is 0. The van der Waals surface area contributed by atoms with Crippen LogP contribution in [0.5, 0.6) is 0 Å². The largest absolute Gasteiger partial charge is 0.253 e. The molecule has 82 valence electrons. The topological polar surface area (TPSA) is 12.9 Å². The van der Waals surface area contributed by atoms with Crippen LogP contribution in [0.2, 0.25) is 0 Å². The van der Waals surface area contributed by atoms with Gasteiger partial charge in [-0.3, -0.25) is 4.98 Å². The summed E-state index contributed by atoms with van der Waals surface area (Å²) in [6.07, 6.45) is 5.44. The van der Waals surface area contributed by atoms with Gasteiger partial charge in [0.15, 0.2) is 0 Å². The smallest absolute Gasteiger partial charge is 0.0718 e. The third-order valence-corrected chi connectivity index (χ3v) is 2.55. The number of aryl methyl sites for hydroxylation is 1. The lowest BCUT2D eigenvalue weighted by atomic mass is 10.1. The summed E-state index contributed by atoms with van der Waals surface area (Å²) in [5.74, 6) is 2.68. The Hall–Kier alpha value is -1.33. The van der Waals surface area contributed by atoms with Gasteiger partial charge in [-0.2, -0.15) is 0 Å². The highest BCUT2D eigenvalue weighted by Gasteiger charge is 2.01. The average Bonchev–Trinajstić information content (AvgIpc) is 2.31. The molecule has 1 aromatic heterocycles.